The van der Waals surface area contributed by atoms with Crippen LogP contribution in [0.4, 0.5) is 5.69 Å². The molecule has 0 saturated carbocycles. The lowest BCUT2D eigenvalue weighted by Gasteiger charge is -2.25. The van der Waals surface area contributed by atoms with E-state index in [0.717, 1.165) is 0 Å². The first-order valence-corrected chi connectivity index (χ1v) is 9.91. The Labute approximate surface area is 174 Å². The van der Waals surface area contributed by atoms with Crippen molar-refractivity contribution in [3.63, 3.8) is 0 Å². The Hall–Kier alpha value is -2.74. The van der Waals surface area contributed by atoms with E-state index in [-0.39, 0.29) is 24.5 Å². The summed E-state index contributed by atoms with van der Waals surface area (Å²) in [4.78, 5) is 30.0. The third kappa shape index (κ3) is 3.60. The molecule has 3 fully saturated rings. The van der Waals surface area contributed by atoms with Gasteiger partial charge in [0.15, 0.2) is 5.79 Å². The molecule has 9 nitrogen and oxygen atoms in total. The lowest BCUT2D eigenvalue weighted by molar-refractivity contribution is -0.160. The van der Waals surface area contributed by atoms with Crippen molar-refractivity contribution in [2.75, 3.05) is 24.6 Å². The molecule has 0 aliphatic carbocycles. The van der Waals surface area contributed by atoms with Gasteiger partial charge < -0.3 is 29.4 Å². The molecule has 9 heteroatoms. The number of carbonyl (C=O) groups is 2. The number of nitrogens with zero attached hydrogens (tertiary/aromatic N) is 3. The molecule has 0 amide bonds. The summed E-state index contributed by atoms with van der Waals surface area (Å²) in [6, 6.07) is 7.06. The number of benzene rings is 1. The predicted molar refractivity (Wildman–Crippen MR) is 105 cm³/mol. The zero-order chi connectivity index (χ0) is 21.7. The largest absolute Gasteiger partial charge is 0.462 e. The number of hydrogen-bond acceptors (Lipinski definition) is 7. The van der Waals surface area contributed by atoms with Crippen LogP contribution in [-0.4, -0.2) is 66.2 Å². The lowest BCUT2D eigenvalue weighted by atomic mass is 9.90. The molecule has 0 spiro atoms. The third-order valence-corrected chi connectivity index (χ3v) is 5.61. The SMILES string of the molecule is CC1(C)O[C@H]2CN(c3ccccc3C(=[N+]=[N-])C(=O)O[C@H]3C(=O)OCC3(C)C)C[C@H]2O1. The van der Waals surface area contributed by atoms with Gasteiger partial charge in [0.2, 0.25) is 6.10 Å². The Morgan fingerprint density at radius 2 is 1.80 bits per heavy atom. The Bertz CT molecular complexity index is 920. The molecule has 0 unspecified atom stereocenters. The van der Waals surface area contributed by atoms with E-state index in [1.165, 1.54) is 0 Å². The molecule has 0 radical (unpaired) electrons. The van der Waals surface area contributed by atoms with Crippen molar-refractivity contribution in [2.45, 2.75) is 51.8 Å². The van der Waals surface area contributed by atoms with E-state index >= 15 is 0 Å². The van der Waals surface area contributed by atoms with Gasteiger partial charge in [0, 0.05) is 18.5 Å². The van der Waals surface area contributed by atoms with E-state index in [4.69, 9.17) is 18.9 Å². The maximum absolute atomic E-state index is 12.8. The van der Waals surface area contributed by atoms with Crippen LogP contribution in [0.25, 0.3) is 5.53 Å². The first kappa shape index (κ1) is 20.5. The average Bonchev–Trinajstić information content (AvgIpc) is 3.26. The quantitative estimate of drug-likeness (QED) is 0.317. The van der Waals surface area contributed by atoms with Gasteiger partial charge in [-0.25, -0.2) is 9.59 Å². The summed E-state index contributed by atoms with van der Waals surface area (Å²) < 4.78 is 22.3. The summed E-state index contributed by atoms with van der Waals surface area (Å²) in [5.74, 6) is -2.12. The molecule has 1 aromatic carbocycles. The van der Waals surface area contributed by atoms with Crippen molar-refractivity contribution in [1.82, 2.24) is 0 Å². The highest BCUT2D eigenvalue weighted by Gasteiger charge is 2.49. The van der Waals surface area contributed by atoms with Gasteiger partial charge in [-0.1, -0.05) is 26.0 Å². The third-order valence-electron chi connectivity index (χ3n) is 5.61. The van der Waals surface area contributed by atoms with Crippen molar-refractivity contribution >= 4 is 23.3 Å². The standard InChI is InChI=1S/C21H25N3O6/c1-20(2)11-27-19(26)17(20)28-18(25)16(23-22)12-7-5-6-8-13(12)24-9-14-15(10-24)30-21(3,4)29-14/h5-8,14-15,17H,9-11H2,1-4H3/t14-,15+,17-/m0/s1. The molecular weight excluding hydrogens is 390 g/mol. The Balaban J connectivity index is 1.56. The Kier molecular flexibility index (Phi) is 4.92. The number of cyclic esters (lactones) is 1. The molecule has 4 rings (SSSR count). The number of fused-ring (bicyclic) bond motifs is 1. The fourth-order valence-corrected chi connectivity index (χ4v) is 4.18. The van der Waals surface area contributed by atoms with Crippen LogP contribution < -0.4 is 4.90 Å². The van der Waals surface area contributed by atoms with Crippen molar-refractivity contribution in [3.05, 3.63) is 35.4 Å². The van der Waals surface area contributed by atoms with E-state index in [9.17, 15) is 15.1 Å². The number of ether oxygens (including phenoxy) is 4. The normalized spacial score (nSPS) is 28.6. The second-order valence-corrected chi connectivity index (χ2v) is 8.96. The van der Waals surface area contributed by atoms with Gasteiger partial charge in [0.1, 0.15) is 18.8 Å². The van der Waals surface area contributed by atoms with Gasteiger partial charge in [-0.15, -0.1) is 0 Å². The zero-order valence-corrected chi connectivity index (χ0v) is 17.5. The molecule has 30 heavy (non-hydrogen) atoms. The molecule has 0 N–H and O–H groups in total. The molecule has 3 aliphatic heterocycles. The minimum atomic E-state index is -1.07. The van der Waals surface area contributed by atoms with Crippen molar-refractivity contribution in [2.24, 2.45) is 5.41 Å². The number of para-hydroxylation sites is 1. The average molecular weight is 415 g/mol. The van der Waals surface area contributed by atoms with Crippen LogP contribution in [0.2, 0.25) is 0 Å². The molecule has 0 aromatic heterocycles. The van der Waals surface area contributed by atoms with Crippen molar-refractivity contribution in [1.29, 1.82) is 0 Å². The van der Waals surface area contributed by atoms with Gasteiger partial charge in [-0.05, 0) is 26.0 Å². The maximum Gasteiger partial charge on any atom is 0.423 e. The van der Waals surface area contributed by atoms with E-state index in [2.05, 4.69) is 4.79 Å². The van der Waals surface area contributed by atoms with Crippen molar-refractivity contribution in [3.8, 4) is 0 Å². The second kappa shape index (κ2) is 7.19. The van der Waals surface area contributed by atoms with E-state index < -0.39 is 29.2 Å². The second-order valence-electron chi connectivity index (χ2n) is 8.96. The minimum Gasteiger partial charge on any atom is -0.462 e. The highest BCUT2D eigenvalue weighted by molar-refractivity contribution is 6.42. The predicted octanol–water partition coefficient (Wildman–Crippen LogP) is 1.54. The molecular formula is C21H25N3O6. The Morgan fingerprint density at radius 3 is 2.37 bits per heavy atom. The highest BCUT2D eigenvalue weighted by Crippen LogP contribution is 2.36. The summed E-state index contributed by atoms with van der Waals surface area (Å²) in [7, 11) is 0. The summed E-state index contributed by atoms with van der Waals surface area (Å²) in [6.07, 6.45) is -1.25. The first-order chi connectivity index (χ1) is 14.1. The van der Waals surface area contributed by atoms with Crippen LogP contribution in [-0.2, 0) is 28.5 Å². The van der Waals surface area contributed by atoms with Crippen LogP contribution >= 0.6 is 0 Å². The Morgan fingerprint density at radius 1 is 1.17 bits per heavy atom. The van der Waals surface area contributed by atoms with Gasteiger partial charge >= 0.3 is 17.7 Å². The number of esters is 2. The molecule has 3 atom stereocenters. The minimum absolute atomic E-state index is 0.0939. The van der Waals surface area contributed by atoms with Gasteiger partial charge in [-0.2, -0.15) is 4.79 Å². The molecule has 0 bridgehead atoms. The smallest absolute Gasteiger partial charge is 0.423 e. The van der Waals surface area contributed by atoms with Crippen LogP contribution in [0.5, 0.6) is 0 Å². The van der Waals surface area contributed by atoms with Gasteiger partial charge in [-0.3, -0.25) is 0 Å². The van der Waals surface area contributed by atoms with E-state index in [1.807, 2.05) is 30.9 Å². The van der Waals surface area contributed by atoms with Crippen molar-refractivity contribution < 1.29 is 33.3 Å². The van der Waals surface area contributed by atoms with E-state index in [1.54, 1.807) is 26.0 Å². The monoisotopic (exact) mass is 415 g/mol. The number of hydrogen-bond donors (Lipinski definition) is 0. The van der Waals surface area contributed by atoms with Crippen LogP contribution in [0.1, 0.15) is 33.3 Å². The van der Waals surface area contributed by atoms with Gasteiger partial charge in [0.25, 0.3) is 0 Å². The molecule has 3 heterocycles. The van der Waals surface area contributed by atoms with Gasteiger partial charge in [0.05, 0.1) is 11.3 Å². The molecule has 160 valence electrons. The summed E-state index contributed by atoms with van der Waals surface area (Å²) in [6.45, 7) is 8.59. The maximum atomic E-state index is 12.8. The molecule has 1 aromatic rings. The molecule has 3 saturated heterocycles. The number of carbonyl (C=O) groups excluding carboxylic acids is 2. The fourth-order valence-electron chi connectivity index (χ4n) is 4.18. The lowest BCUT2D eigenvalue weighted by Crippen LogP contribution is -2.38. The summed E-state index contributed by atoms with van der Waals surface area (Å²) >= 11 is 0. The first-order valence-electron chi connectivity index (χ1n) is 9.91. The highest BCUT2D eigenvalue weighted by atomic mass is 16.8. The van der Waals surface area contributed by atoms with Crippen LogP contribution in [0.15, 0.2) is 24.3 Å². The zero-order valence-electron chi connectivity index (χ0n) is 17.5. The molecule has 3 aliphatic rings. The topological polar surface area (TPSA) is 111 Å². The number of rotatable bonds is 4. The summed E-state index contributed by atoms with van der Waals surface area (Å²) in [5, 5.41) is 0. The summed E-state index contributed by atoms with van der Waals surface area (Å²) in [5.41, 5.74) is 9.76. The van der Waals surface area contributed by atoms with E-state index in [0.29, 0.717) is 24.3 Å². The fraction of sp³-hybridized carbons (Fsp3) is 0.571. The number of anilines is 1. The van der Waals surface area contributed by atoms with Crippen LogP contribution in [0.3, 0.4) is 0 Å². The van der Waals surface area contributed by atoms with Crippen LogP contribution in [0, 0.1) is 5.41 Å².